The lowest BCUT2D eigenvalue weighted by atomic mass is 10.5. The Bertz CT molecular complexity index is 307. The van der Waals surface area contributed by atoms with Crippen LogP contribution in [0.3, 0.4) is 0 Å². The number of aliphatic imine (C=N–C) groups is 1. The highest BCUT2D eigenvalue weighted by Crippen LogP contribution is 2.23. The van der Waals surface area contributed by atoms with Gasteiger partial charge in [0.2, 0.25) is 6.08 Å². The summed E-state index contributed by atoms with van der Waals surface area (Å²) in [4.78, 5) is 13.6. The summed E-state index contributed by atoms with van der Waals surface area (Å²) < 4.78 is 12.5. The molecule has 0 bridgehead atoms. The van der Waals surface area contributed by atoms with Crippen LogP contribution in [0, 0.1) is 0 Å². The van der Waals surface area contributed by atoms with Crippen LogP contribution in [0.1, 0.15) is 6.42 Å². The van der Waals surface area contributed by atoms with Crippen molar-refractivity contribution in [3.8, 4) is 0 Å². The molecule has 0 aliphatic rings. The summed E-state index contributed by atoms with van der Waals surface area (Å²) in [6, 6.07) is 1.00. The van der Waals surface area contributed by atoms with Gasteiger partial charge in [-0.05, 0) is 58.3 Å². The summed E-state index contributed by atoms with van der Waals surface area (Å²) in [7, 11) is -5.29. The summed E-state index contributed by atoms with van der Waals surface area (Å²) >= 11 is 0. The first-order valence-corrected chi connectivity index (χ1v) is 15.8. The second-order valence-corrected chi connectivity index (χ2v) is 19.2. The largest absolute Gasteiger partial charge is 0.437 e. The normalized spacial score (nSPS) is 13.3. The first kappa shape index (κ1) is 18.0. The van der Waals surface area contributed by atoms with Gasteiger partial charge in [0.15, 0.2) is 16.6 Å². The second kappa shape index (κ2) is 6.93. The molecule has 0 aromatic heterocycles. The maximum atomic E-state index is 9.99. The Morgan fingerprint density at radius 3 is 2.00 bits per heavy atom. The fourth-order valence-electron chi connectivity index (χ4n) is 2.10. The molecule has 0 aliphatic heterocycles. The van der Waals surface area contributed by atoms with E-state index in [4.69, 9.17) is 8.23 Å². The van der Waals surface area contributed by atoms with Crippen LogP contribution in [0.5, 0.6) is 0 Å². The first-order valence-electron chi connectivity index (χ1n) is 6.41. The minimum absolute atomic E-state index is 0.556. The lowest BCUT2D eigenvalue weighted by Crippen LogP contribution is -2.51. The molecule has 0 aliphatic carbocycles. The van der Waals surface area contributed by atoms with Gasteiger partial charge in [-0.15, -0.1) is 0 Å². The minimum Gasteiger partial charge on any atom is -0.437 e. The minimum atomic E-state index is -2.03. The highest BCUT2D eigenvalue weighted by atomic mass is 28.5. The predicted molar refractivity (Wildman–Crippen MR) is 82.9 cm³/mol. The van der Waals surface area contributed by atoms with Gasteiger partial charge in [0.1, 0.15) is 0 Å². The molecular formula is C11H27NO3Si3. The van der Waals surface area contributed by atoms with E-state index in [2.05, 4.69) is 50.8 Å². The lowest BCUT2D eigenvalue weighted by Gasteiger charge is -2.37. The Hall–Kier alpha value is -0.0494. The highest BCUT2D eigenvalue weighted by Gasteiger charge is 2.37. The van der Waals surface area contributed by atoms with Gasteiger partial charge in [0, 0.05) is 0 Å². The number of hydrogen-bond donors (Lipinski definition) is 0. The van der Waals surface area contributed by atoms with Gasteiger partial charge in [-0.3, -0.25) is 0 Å². The van der Waals surface area contributed by atoms with Crippen molar-refractivity contribution in [2.75, 3.05) is 6.54 Å². The topological polar surface area (TPSA) is 47.9 Å². The van der Waals surface area contributed by atoms with Crippen molar-refractivity contribution in [3.05, 3.63) is 0 Å². The molecule has 106 valence electrons. The van der Waals surface area contributed by atoms with Crippen molar-refractivity contribution >= 4 is 31.3 Å². The highest BCUT2D eigenvalue weighted by molar-refractivity contribution is 6.87. The monoisotopic (exact) mass is 305 g/mol. The summed E-state index contributed by atoms with van der Waals surface area (Å²) in [6.45, 7) is 15.8. The van der Waals surface area contributed by atoms with Crippen LogP contribution in [-0.2, 0) is 13.0 Å². The third kappa shape index (κ3) is 9.93. The number of rotatable bonds is 8. The van der Waals surface area contributed by atoms with Gasteiger partial charge in [-0.2, -0.15) is 0 Å². The summed E-state index contributed by atoms with van der Waals surface area (Å²) in [6.07, 6.45) is 2.47. The van der Waals surface area contributed by atoms with Crippen LogP contribution in [0.25, 0.3) is 0 Å². The first-order chi connectivity index (χ1) is 7.97. The average molecular weight is 306 g/mol. The van der Waals surface area contributed by atoms with Crippen molar-refractivity contribution < 1.29 is 13.0 Å². The second-order valence-electron chi connectivity index (χ2n) is 6.55. The summed E-state index contributed by atoms with van der Waals surface area (Å²) in [5, 5.41) is 0. The van der Waals surface area contributed by atoms with Crippen molar-refractivity contribution in [1.29, 1.82) is 0 Å². The van der Waals surface area contributed by atoms with E-state index in [0.717, 1.165) is 12.5 Å². The van der Waals surface area contributed by atoms with Crippen LogP contribution >= 0.6 is 0 Å². The Kier molecular flexibility index (Phi) is 6.91. The zero-order valence-electron chi connectivity index (χ0n) is 12.8. The van der Waals surface area contributed by atoms with E-state index in [1.54, 1.807) is 6.08 Å². The molecule has 0 saturated heterocycles. The molecule has 0 spiro atoms. The van der Waals surface area contributed by atoms with Gasteiger partial charge in [0.25, 0.3) is 0 Å². The standard InChI is InChI=1S/C11H27NO3Si3/c1-16(2,3)14-18(6,7)15-17(4,5)10-8-9-12-11-13/h8-10H2,1-7H3. The van der Waals surface area contributed by atoms with Crippen molar-refractivity contribution in [2.45, 2.75) is 58.3 Å². The van der Waals surface area contributed by atoms with Crippen LogP contribution in [0.4, 0.5) is 0 Å². The number of isocyanates is 1. The Morgan fingerprint density at radius 1 is 1.00 bits per heavy atom. The Balaban J connectivity index is 4.32. The molecule has 0 fully saturated rings. The van der Waals surface area contributed by atoms with Gasteiger partial charge in [-0.25, -0.2) is 9.79 Å². The van der Waals surface area contributed by atoms with E-state index in [0.29, 0.717) is 6.54 Å². The maximum absolute atomic E-state index is 9.99. The molecule has 4 nitrogen and oxygen atoms in total. The molecule has 0 rings (SSSR count). The average Bonchev–Trinajstić information content (AvgIpc) is 2.06. The quantitative estimate of drug-likeness (QED) is 0.298. The van der Waals surface area contributed by atoms with Crippen molar-refractivity contribution in [2.24, 2.45) is 4.99 Å². The molecule has 0 aromatic rings. The molecule has 0 saturated carbocycles. The van der Waals surface area contributed by atoms with Crippen molar-refractivity contribution in [1.82, 2.24) is 0 Å². The molecule has 0 radical (unpaired) electrons. The summed E-state index contributed by atoms with van der Waals surface area (Å²) in [5.74, 6) is 0. The van der Waals surface area contributed by atoms with E-state index >= 15 is 0 Å². The molecule has 0 N–H and O–H groups in total. The van der Waals surface area contributed by atoms with Crippen LogP contribution in [0.2, 0.25) is 51.9 Å². The van der Waals surface area contributed by atoms with Gasteiger partial charge in [0.05, 0.1) is 6.54 Å². The molecule has 0 atom stereocenters. The van der Waals surface area contributed by atoms with Gasteiger partial charge >= 0.3 is 8.56 Å². The summed E-state index contributed by atoms with van der Waals surface area (Å²) in [5.41, 5.74) is 0. The zero-order valence-corrected chi connectivity index (χ0v) is 15.8. The third-order valence-electron chi connectivity index (χ3n) is 2.19. The predicted octanol–water partition coefficient (Wildman–Crippen LogP) is 3.49. The molecule has 0 amide bonds. The van der Waals surface area contributed by atoms with Crippen LogP contribution < -0.4 is 0 Å². The SMILES string of the molecule is C[Si](C)(C)O[Si](C)(C)O[Si](C)(C)CCCN=C=O. The smallest absolute Gasteiger partial charge is 0.311 e. The molecular weight excluding hydrogens is 278 g/mol. The van der Waals surface area contributed by atoms with E-state index < -0.39 is 25.2 Å². The molecule has 7 heteroatoms. The van der Waals surface area contributed by atoms with Crippen LogP contribution in [0.15, 0.2) is 4.99 Å². The van der Waals surface area contributed by atoms with Crippen molar-refractivity contribution in [3.63, 3.8) is 0 Å². The molecule has 0 aromatic carbocycles. The third-order valence-corrected chi connectivity index (χ3v) is 12.3. The van der Waals surface area contributed by atoms with E-state index in [1.165, 1.54) is 0 Å². The van der Waals surface area contributed by atoms with E-state index in [9.17, 15) is 4.79 Å². The van der Waals surface area contributed by atoms with E-state index in [-0.39, 0.29) is 0 Å². The van der Waals surface area contributed by atoms with Crippen LogP contribution in [-0.4, -0.2) is 37.8 Å². The zero-order chi connectivity index (χ0) is 14.4. The Labute approximate surface area is 114 Å². The fraction of sp³-hybridized carbons (Fsp3) is 0.909. The number of carbonyl (C=O) groups excluding carboxylic acids is 1. The van der Waals surface area contributed by atoms with Gasteiger partial charge < -0.3 is 8.23 Å². The van der Waals surface area contributed by atoms with E-state index in [1.807, 2.05) is 0 Å². The molecule has 0 unspecified atom stereocenters. The number of hydrogen-bond acceptors (Lipinski definition) is 4. The maximum Gasteiger partial charge on any atom is 0.311 e. The number of nitrogens with zero attached hydrogens (tertiary/aromatic N) is 1. The fourth-order valence-corrected chi connectivity index (χ4v) is 15.3. The van der Waals surface area contributed by atoms with Gasteiger partial charge in [-0.1, -0.05) is 0 Å². The molecule has 18 heavy (non-hydrogen) atoms. The lowest BCUT2D eigenvalue weighted by molar-refractivity contribution is 0.391. The Morgan fingerprint density at radius 2 is 1.56 bits per heavy atom. The molecule has 0 heterocycles.